The van der Waals surface area contributed by atoms with Gasteiger partial charge in [-0.1, -0.05) is 72.9 Å². The molecule has 2 aromatic rings. The molecule has 20 heavy (non-hydrogen) atoms. The second-order valence-corrected chi connectivity index (χ2v) is 5.42. The Morgan fingerprint density at radius 1 is 0.800 bits per heavy atom. The molecule has 0 saturated carbocycles. The molecular formula is C18H21NS. The van der Waals surface area contributed by atoms with Crippen LogP contribution in [0.4, 0.5) is 0 Å². The second kappa shape index (κ2) is 8.49. The molecule has 0 aliphatic heterocycles. The first-order chi connectivity index (χ1) is 9.84. The fourth-order valence-corrected chi connectivity index (χ4v) is 2.36. The van der Waals surface area contributed by atoms with Crippen LogP contribution in [0.25, 0.3) is 0 Å². The van der Waals surface area contributed by atoms with E-state index >= 15 is 0 Å². The Morgan fingerprint density at radius 2 is 1.35 bits per heavy atom. The van der Waals surface area contributed by atoms with Gasteiger partial charge in [-0.25, -0.2) is 0 Å². The van der Waals surface area contributed by atoms with Gasteiger partial charge in [0.2, 0.25) is 0 Å². The molecule has 0 amide bonds. The summed E-state index contributed by atoms with van der Waals surface area (Å²) in [7, 11) is 0. The van der Waals surface area contributed by atoms with E-state index in [1.165, 1.54) is 11.1 Å². The van der Waals surface area contributed by atoms with Crippen molar-refractivity contribution in [3.63, 3.8) is 0 Å². The first-order valence-corrected chi connectivity index (χ1v) is 7.60. The van der Waals surface area contributed by atoms with Crippen molar-refractivity contribution < 1.29 is 0 Å². The molecule has 0 atom stereocenters. The number of aryl methyl sites for hydroxylation is 2. The molecule has 104 valence electrons. The molecule has 1 nitrogen and oxygen atoms in total. The molecule has 2 heteroatoms. The Hall–Kier alpha value is -1.67. The van der Waals surface area contributed by atoms with Crippen molar-refractivity contribution >= 4 is 17.2 Å². The number of hydrogen-bond donors (Lipinski definition) is 1. The maximum Gasteiger partial charge on any atom is 0.0756 e. The van der Waals surface area contributed by atoms with Gasteiger partial charge in [-0.05, 0) is 30.4 Å². The van der Waals surface area contributed by atoms with Crippen LogP contribution >= 0.6 is 12.2 Å². The molecular weight excluding hydrogens is 262 g/mol. The van der Waals surface area contributed by atoms with E-state index in [-0.39, 0.29) is 0 Å². The van der Waals surface area contributed by atoms with E-state index in [1.807, 2.05) is 6.07 Å². The average molecular weight is 283 g/mol. The summed E-state index contributed by atoms with van der Waals surface area (Å²) < 4.78 is 0. The van der Waals surface area contributed by atoms with Crippen molar-refractivity contribution in [1.82, 2.24) is 5.32 Å². The minimum absolute atomic E-state index is 0.935. The summed E-state index contributed by atoms with van der Waals surface area (Å²) in [4.78, 5) is 0.974. The van der Waals surface area contributed by atoms with Crippen LogP contribution in [0.15, 0.2) is 60.7 Å². The summed E-state index contributed by atoms with van der Waals surface area (Å²) in [5, 5.41) is 3.35. The molecule has 2 aromatic carbocycles. The Labute approximate surface area is 127 Å². The summed E-state index contributed by atoms with van der Waals surface area (Å²) in [5.74, 6) is 0. The van der Waals surface area contributed by atoms with Gasteiger partial charge in [0.05, 0.1) is 4.99 Å². The van der Waals surface area contributed by atoms with Gasteiger partial charge in [0.1, 0.15) is 0 Å². The Bertz CT molecular complexity index is 507. The average Bonchev–Trinajstić information content (AvgIpc) is 2.52. The summed E-state index contributed by atoms with van der Waals surface area (Å²) in [6.07, 6.45) is 4.18. The summed E-state index contributed by atoms with van der Waals surface area (Å²) in [6.45, 7) is 0.961. The minimum atomic E-state index is 0.935. The lowest BCUT2D eigenvalue weighted by molar-refractivity contribution is 0.768. The highest BCUT2D eigenvalue weighted by Gasteiger charge is 1.98. The van der Waals surface area contributed by atoms with Crippen LogP contribution in [0.1, 0.15) is 24.0 Å². The van der Waals surface area contributed by atoms with Crippen LogP contribution < -0.4 is 5.32 Å². The molecule has 0 unspecified atom stereocenters. The van der Waals surface area contributed by atoms with E-state index in [0.29, 0.717) is 0 Å². The maximum atomic E-state index is 5.37. The van der Waals surface area contributed by atoms with Crippen LogP contribution in [0.3, 0.4) is 0 Å². The van der Waals surface area contributed by atoms with E-state index in [1.54, 1.807) is 0 Å². The normalized spacial score (nSPS) is 10.2. The van der Waals surface area contributed by atoms with E-state index in [2.05, 4.69) is 59.9 Å². The lowest BCUT2D eigenvalue weighted by Crippen LogP contribution is -2.23. The third-order valence-electron chi connectivity index (χ3n) is 3.29. The Morgan fingerprint density at radius 3 is 1.95 bits per heavy atom. The fraction of sp³-hybridized carbons (Fsp3) is 0.278. The molecule has 0 aliphatic carbocycles. The van der Waals surface area contributed by atoms with Crippen LogP contribution in [-0.4, -0.2) is 11.5 Å². The SMILES string of the molecule is S=C(CCc1ccccc1)NCCCc1ccccc1. The van der Waals surface area contributed by atoms with Crippen molar-refractivity contribution in [2.24, 2.45) is 0 Å². The van der Waals surface area contributed by atoms with Crippen molar-refractivity contribution in [3.05, 3.63) is 71.8 Å². The van der Waals surface area contributed by atoms with Gasteiger partial charge < -0.3 is 5.32 Å². The highest BCUT2D eigenvalue weighted by molar-refractivity contribution is 7.80. The molecule has 0 heterocycles. The summed E-state index contributed by atoms with van der Waals surface area (Å²) in [5.41, 5.74) is 2.74. The molecule has 0 radical (unpaired) electrons. The van der Waals surface area contributed by atoms with Crippen LogP contribution in [-0.2, 0) is 12.8 Å². The van der Waals surface area contributed by atoms with Crippen LogP contribution in [0.5, 0.6) is 0 Å². The lowest BCUT2D eigenvalue weighted by Gasteiger charge is -2.08. The van der Waals surface area contributed by atoms with Crippen molar-refractivity contribution in [3.8, 4) is 0 Å². The minimum Gasteiger partial charge on any atom is -0.380 e. The maximum absolute atomic E-state index is 5.37. The standard InChI is InChI=1S/C18H21NS/c20-18(14-13-17-10-5-2-6-11-17)19-15-7-12-16-8-3-1-4-9-16/h1-6,8-11H,7,12-15H2,(H,19,20). The lowest BCUT2D eigenvalue weighted by atomic mass is 10.1. The number of hydrogen-bond acceptors (Lipinski definition) is 1. The van der Waals surface area contributed by atoms with Gasteiger partial charge in [-0.15, -0.1) is 0 Å². The molecule has 0 bridgehead atoms. The van der Waals surface area contributed by atoms with Gasteiger partial charge in [0, 0.05) is 13.0 Å². The van der Waals surface area contributed by atoms with E-state index in [4.69, 9.17) is 12.2 Å². The number of benzene rings is 2. The van der Waals surface area contributed by atoms with E-state index in [9.17, 15) is 0 Å². The highest BCUT2D eigenvalue weighted by atomic mass is 32.1. The van der Waals surface area contributed by atoms with Gasteiger partial charge in [0.25, 0.3) is 0 Å². The predicted octanol–water partition coefficient (Wildman–Crippen LogP) is 4.17. The molecule has 0 aromatic heterocycles. The number of thiocarbonyl (C=S) groups is 1. The summed E-state index contributed by atoms with van der Waals surface area (Å²) >= 11 is 5.37. The molecule has 0 fully saturated rings. The zero-order valence-electron chi connectivity index (χ0n) is 11.7. The van der Waals surface area contributed by atoms with Gasteiger partial charge in [-0.3, -0.25) is 0 Å². The van der Waals surface area contributed by atoms with Crippen molar-refractivity contribution in [2.75, 3.05) is 6.54 Å². The van der Waals surface area contributed by atoms with Gasteiger partial charge in [-0.2, -0.15) is 0 Å². The predicted molar refractivity (Wildman–Crippen MR) is 90.1 cm³/mol. The van der Waals surface area contributed by atoms with Crippen LogP contribution in [0, 0.1) is 0 Å². The Balaban J connectivity index is 1.59. The molecule has 2 rings (SSSR count). The van der Waals surface area contributed by atoms with E-state index in [0.717, 1.165) is 37.2 Å². The monoisotopic (exact) mass is 283 g/mol. The van der Waals surface area contributed by atoms with Crippen molar-refractivity contribution in [2.45, 2.75) is 25.7 Å². The first kappa shape index (κ1) is 14.7. The number of nitrogens with one attached hydrogen (secondary N) is 1. The van der Waals surface area contributed by atoms with E-state index < -0.39 is 0 Å². The third kappa shape index (κ3) is 5.54. The molecule has 0 saturated heterocycles. The fourth-order valence-electron chi connectivity index (χ4n) is 2.16. The largest absolute Gasteiger partial charge is 0.380 e. The highest BCUT2D eigenvalue weighted by Crippen LogP contribution is 2.04. The third-order valence-corrected chi connectivity index (χ3v) is 3.64. The van der Waals surface area contributed by atoms with Gasteiger partial charge in [0.15, 0.2) is 0 Å². The molecule has 1 N–H and O–H groups in total. The van der Waals surface area contributed by atoms with Gasteiger partial charge >= 0.3 is 0 Å². The number of rotatable bonds is 7. The summed E-state index contributed by atoms with van der Waals surface area (Å²) in [6, 6.07) is 21.1. The smallest absolute Gasteiger partial charge is 0.0756 e. The molecule has 0 aliphatic rings. The van der Waals surface area contributed by atoms with Crippen LogP contribution in [0.2, 0.25) is 0 Å². The first-order valence-electron chi connectivity index (χ1n) is 7.19. The second-order valence-electron chi connectivity index (χ2n) is 4.92. The zero-order valence-corrected chi connectivity index (χ0v) is 12.5. The quantitative estimate of drug-likeness (QED) is 0.604. The topological polar surface area (TPSA) is 12.0 Å². The zero-order chi connectivity index (χ0) is 14.0. The Kier molecular flexibility index (Phi) is 6.25. The van der Waals surface area contributed by atoms with Crippen molar-refractivity contribution in [1.29, 1.82) is 0 Å². The molecule has 0 spiro atoms.